The van der Waals surface area contributed by atoms with Crippen molar-refractivity contribution < 1.29 is 9.31 Å². The maximum atomic E-state index is 13.8. The fraction of sp³-hybridized carbons (Fsp3) is 0.214. The smallest absolute Gasteiger partial charge is 0.276 e. The Hall–Kier alpha value is -2.21. The summed E-state index contributed by atoms with van der Waals surface area (Å²) in [7, 11) is 1.68. The van der Waals surface area contributed by atoms with E-state index in [1.807, 2.05) is 0 Å². The van der Waals surface area contributed by atoms with Crippen LogP contribution in [0.4, 0.5) is 15.9 Å². The molecule has 7 heteroatoms. The first-order valence-electron chi connectivity index (χ1n) is 6.19. The molecule has 5 nitrogen and oxygen atoms in total. The van der Waals surface area contributed by atoms with Crippen LogP contribution in [0.1, 0.15) is 18.5 Å². The Morgan fingerprint density at radius 2 is 2.05 bits per heavy atom. The second kappa shape index (κ2) is 6.05. The Labute approximate surface area is 126 Å². The zero-order valence-electron chi connectivity index (χ0n) is 11.5. The van der Waals surface area contributed by atoms with Gasteiger partial charge in [0.25, 0.3) is 5.69 Å². The highest BCUT2D eigenvalue weighted by molar-refractivity contribution is 6.29. The Balaban J connectivity index is 2.38. The first kappa shape index (κ1) is 15.2. The van der Waals surface area contributed by atoms with Gasteiger partial charge in [0.15, 0.2) is 0 Å². The summed E-state index contributed by atoms with van der Waals surface area (Å²) in [5, 5.41) is 10.9. The van der Waals surface area contributed by atoms with Crippen molar-refractivity contribution >= 4 is 23.1 Å². The molecule has 0 radical (unpaired) electrons. The second-order valence-electron chi connectivity index (χ2n) is 4.57. The molecule has 0 fully saturated rings. The third-order valence-corrected chi connectivity index (χ3v) is 3.47. The van der Waals surface area contributed by atoms with Crippen LogP contribution in [-0.2, 0) is 0 Å². The van der Waals surface area contributed by atoms with E-state index >= 15 is 0 Å². The number of hydrogen-bond donors (Lipinski definition) is 0. The first-order chi connectivity index (χ1) is 9.90. The van der Waals surface area contributed by atoms with Crippen molar-refractivity contribution in [2.45, 2.75) is 13.0 Å². The lowest BCUT2D eigenvalue weighted by Crippen LogP contribution is -2.23. The quantitative estimate of drug-likeness (QED) is 0.487. The van der Waals surface area contributed by atoms with Gasteiger partial charge in [0.2, 0.25) is 0 Å². The highest BCUT2D eigenvalue weighted by atomic mass is 35.5. The van der Waals surface area contributed by atoms with E-state index in [1.165, 1.54) is 18.2 Å². The van der Waals surface area contributed by atoms with Gasteiger partial charge in [-0.15, -0.1) is 0 Å². The number of nitro groups is 1. The molecule has 0 bridgehead atoms. The molecule has 0 saturated heterocycles. The van der Waals surface area contributed by atoms with Crippen molar-refractivity contribution in [3.8, 4) is 0 Å². The van der Waals surface area contributed by atoms with Gasteiger partial charge in [-0.3, -0.25) is 10.1 Å². The largest absolute Gasteiger partial charge is 0.353 e. The molecule has 1 unspecified atom stereocenters. The van der Waals surface area contributed by atoms with Crippen LogP contribution in [0.5, 0.6) is 0 Å². The van der Waals surface area contributed by atoms with Crippen molar-refractivity contribution in [2.24, 2.45) is 0 Å². The maximum absolute atomic E-state index is 13.8. The molecule has 0 aliphatic heterocycles. The van der Waals surface area contributed by atoms with E-state index in [0.717, 1.165) is 0 Å². The summed E-state index contributed by atoms with van der Waals surface area (Å²) in [5.74, 6) is -0.0293. The number of anilines is 1. The fourth-order valence-corrected chi connectivity index (χ4v) is 2.18. The zero-order valence-corrected chi connectivity index (χ0v) is 12.2. The molecule has 1 aromatic carbocycles. The Kier molecular flexibility index (Phi) is 4.37. The summed E-state index contributed by atoms with van der Waals surface area (Å²) >= 11 is 5.80. The molecule has 0 amide bonds. The van der Waals surface area contributed by atoms with E-state index in [-0.39, 0.29) is 22.7 Å². The molecule has 0 aliphatic rings. The minimum atomic E-state index is -0.543. The van der Waals surface area contributed by atoms with Crippen LogP contribution in [0.3, 0.4) is 0 Å². The minimum Gasteiger partial charge on any atom is -0.353 e. The fourth-order valence-electron chi connectivity index (χ4n) is 1.98. The highest BCUT2D eigenvalue weighted by Crippen LogP contribution is 2.29. The lowest BCUT2D eigenvalue weighted by molar-refractivity contribution is -0.384. The Bertz CT molecular complexity index is 681. The lowest BCUT2D eigenvalue weighted by atomic mass is 10.1. The van der Waals surface area contributed by atoms with Gasteiger partial charge in [0.05, 0.1) is 23.1 Å². The number of aromatic nitrogens is 1. The number of halogens is 2. The molecule has 1 heterocycles. The number of benzene rings is 1. The van der Waals surface area contributed by atoms with Crippen molar-refractivity contribution in [2.75, 3.05) is 11.9 Å². The Morgan fingerprint density at radius 1 is 1.38 bits per heavy atom. The molecular formula is C14H13ClFN3O2. The van der Waals surface area contributed by atoms with Crippen molar-refractivity contribution in [1.82, 2.24) is 4.98 Å². The predicted octanol–water partition coefficient (Wildman–Crippen LogP) is 3.98. The van der Waals surface area contributed by atoms with Crippen LogP contribution in [0.25, 0.3) is 0 Å². The van der Waals surface area contributed by atoms with E-state index in [1.54, 1.807) is 37.1 Å². The maximum Gasteiger partial charge on any atom is 0.276 e. The molecule has 1 aromatic heterocycles. The molecule has 21 heavy (non-hydrogen) atoms. The van der Waals surface area contributed by atoms with Gasteiger partial charge in [0.1, 0.15) is 16.8 Å². The summed E-state index contributed by atoms with van der Waals surface area (Å²) in [6.07, 6.45) is 0. The average molecular weight is 310 g/mol. The first-order valence-corrected chi connectivity index (χ1v) is 6.57. The highest BCUT2D eigenvalue weighted by Gasteiger charge is 2.19. The molecule has 1 atom stereocenters. The average Bonchev–Trinajstić information content (AvgIpc) is 2.45. The second-order valence-corrected chi connectivity index (χ2v) is 4.96. The summed E-state index contributed by atoms with van der Waals surface area (Å²) in [6, 6.07) is 8.50. The molecule has 0 saturated carbocycles. The number of nitrogens with zero attached hydrogens (tertiary/aromatic N) is 3. The van der Waals surface area contributed by atoms with Gasteiger partial charge in [-0.05, 0) is 13.0 Å². The monoisotopic (exact) mass is 309 g/mol. The van der Waals surface area contributed by atoms with Crippen LogP contribution in [0.15, 0.2) is 36.4 Å². The van der Waals surface area contributed by atoms with Crippen molar-refractivity contribution in [1.29, 1.82) is 0 Å². The van der Waals surface area contributed by atoms with E-state index < -0.39 is 4.92 Å². The van der Waals surface area contributed by atoms with Crippen LogP contribution >= 0.6 is 11.6 Å². The van der Waals surface area contributed by atoms with E-state index in [0.29, 0.717) is 11.4 Å². The van der Waals surface area contributed by atoms with Crippen molar-refractivity contribution in [3.05, 3.63) is 63.0 Å². The molecule has 0 N–H and O–H groups in total. The lowest BCUT2D eigenvalue weighted by Gasteiger charge is -2.26. The summed E-state index contributed by atoms with van der Waals surface area (Å²) < 4.78 is 13.8. The normalized spacial score (nSPS) is 12.0. The number of hydrogen-bond acceptors (Lipinski definition) is 4. The van der Waals surface area contributed by atoms with E-state index in [4.69, 9.17) is 11.6 Å². The van der Waals surface area contributed by atoms with E-state index in [2.05, 4.69) is 4.98 Å². The summed E-state index contributed by atoms with van der Waals surface area (Å²) in [4.78, 5) is 16.0. The number of rotatable bonds is 4. The summed E-state index contributed by atoms with van der Waals surface area (Å²) in [5.41, 5.74) is 0.321. The standard InChI is InChI=1S/C14H13ClFN3O2/c1-9(11-5-3-4-6-12(11)16)18(2)14-8-10(19(20)21)7-13(15)17-14/h3-9H,1-2H3. The summed E-state index contributed by atoms with van der Waals surface area (Å²) in [6.45, 7) is 1.78. The van der Waals surface area contributed by atoms with Gasteiger partial charge in [0, 0.05) is 12.6 Å². The topological polar surface area (TPSA) is 59.3 Å². The Morgan fingerprint density at radius 3 is 2.67 bits per heavy atom. The molecule has 2 rings (SSSR count). The SMILES string of the molecule is CC(c1ccccc1F)N(C)c1cc([N+](=O)[O-])cc(Cl)n1. The van der Waals surface area contributed by atoms with Crippen LogP contribution in [0.2, 0.25) is 5.15 Å². The van der Waals surface area contributed by atoms with Gasteiger partial charge >= 0.3 is 0 Å². The van der Waals surface area contributed by atoms with Gasteiger partial charge in [-0.2, -0.15) is 0 Å². The third-order valence-electron chi connectivity index (χ3n) is 3.27. The zero-order chi connectivity index (χ0) is 15.6. The van der Waals surface area contributed by atoms with E-state index in [9.17, 15) is 14.5 Å². The van der Waals surface area contributed by atoms with Crippen molar-refractivity contribution in [3.63, 3.8) is 0 Å². The molecular weight excluding hydrogens is 297 g/mol. The predicted molar refractivity (Wildman–Crippen MR) is 79.1 cm³/mol. The van der Waals surface area contributed by atoms with Gasteiger partial charge < -0.3 is 4.90 Å². The van der Waals surface area contributed by atoms with Crippen LogP contribution < -0.4 is 4.90 Å². The van der Waals surface area contributed by atoms with Gasteiger partial charge in [-0.1, -0.05) is 29.8 Å². The molecule has 0 aliphatic carbocycles. The van der Waals surface area contributed by atoms with Crippen LogP contribution in [-0.4, -0.2) is 17.0 Å². The third kappa shape index (κ3) is 3.28. The number of pyridine rings is 1. The molecule has 0 spiro atoms. The van der Waals surface area contributed by atoms with Gasteiger partial charge in [-0.25, -0.2) is 9.37 Å². The van der Waals surface area contributed by atoms with Crippen LogP contribution in [0, 0.1) is 15.9 Å². The minimum absolute atomic E-state index is 0.0202. The molecule has 2 aromatic rings. The molecule has 110 valence electrons.